The minimum atomic E-state index is -1.30. The highest BCUT2D eigenvalue weighted by molar-refractivity contribution is 5.84. The summed E-state index contributed by atoms with van der Waals surface area (Å²) in [7, 11) is 1.67. The van der Waals surface area contributed by atoms with Crippen molar-refractivity contribution in [1.82, 2.24) is 5.32 Å². The highest BCUT2D eigenvalue weighted by atomic mass is 16.5. The maximum Gasteiger partial charge on any atom is 0.309 e. The Morgan fingerprint density at radius 2 is 1.64 bits per heavy atom. The van der Waals surface area contributed by atoms with Crippen molar-refractivity contribution in [3.63, 3.8) is 0 Å². The molecule has 0 saturated carbocycles. The fourth-order valence-corrected chi connectivity index (χ4v) is 6.35. The zero-order chi connectivity index (χ0) is 33.8. The number of methoxy groups -OCH3 is 1. The monoisotopic (exact) mass is 639 g/mol. The first-order valence-corrected chi connectivity index (χ1v) is 17.7. The number of hydrogen-bond donors (Lipinski definition) is 4. The Kier molecular flexibility index (Phi) is 21.3. The first kappa shape index (κ1) is 41.1. The first-order chi connectivity index (χ1) is 21.4. The average molecular weight is 640 g/mol. The maximum atomic E-state index is 12.8. The van der Waals surface area contributed by atoms with E-state index < -0.39 is 30.2 Å². The molecule has 0 saturated heterocycles. The molecule has 1 rings (SSSR count). The van der Waals surface area contributed by atoms with E-state index in [1.54, 1.807) is 7.11 Å². The van der Waals surface area contributed by atoms with Crippen LogP contribution in [0.3, 0.4) is 0 Å². The Balaban J connectivity index is 2.98. The number of ether oxygens (including phenoxy) is 2. The number of Topliss-reactive ketones (excluding diaryl/α,β-unsaturated/α-hetero) is 1. The van der Waals surface area contributed by atoms with Crippen molar-refractivity contribution in [2.24, 2.45) is 29.6 Å². The van der Waals surface area contributed by atoms with Crippen LogP contribution in [0.1, 0.15) is 131 Å². The Hall–Kier alpha value is -1.97. The van der Waals surface area contributed by atoms with Gasteiger partial charge >= 0.3 is 5.97 Å². The smallest absolute Gasteiger partial charge is 0.309 e. The van der Waals surface area contributed by atoms with E-state index >= 15 is 0 Å². The predicted molar refractivity (Wildman–Crippen MR) is 178 cm³/mol. The molecule has 4 N–H and O–H groups in total. The number of ketones is 1. The van der Waals surface area contributed by atoms with Crippen molar-refractivity contribution in [2.75, 3.05) is 20.3 Å². The number of amides is 1. The Morgan fingerprint density at radius 3 is 2.31 bits per heavy atom. The van der Waals surface area contributed by atoms with Gasteiger partial charge in [-0.2, -0.15) is 0 Å². The van der Waals surface area contributed by atoms with Crippen LogP contribution in [0, 0.1) is 29.6 Å². The van der Waals surface area contributed by atoms with Crippen molar-refractivity contribution >= 4 is 17.7 Å². The molecule has 0 spiro atoms. The molecule has 9 heteroatoms. The van der Waals surface area contributed by atoms with Gasteiger partial charge in [0.2, 0.25) is 0 Å². The third-order valence-electron chi connectivity index (χ3n) is 9.56. The summed E-state index contributed by atoms with van der Waals surface area (Å²) in [5.74, 6) is 0.180. The summed E-state index contributed by atoms with van der Waals surface area (Å²) >= 11 is 0. The lowest BCUT2D eigenvalue weighted by Crippen LogP contribution is -2.40. The Labute approximate surface area is 272 Å². The van der Waals surface area contributed by atoms with E-state index in [4.69, 9.17) is 9.47 Å². The molecule has 0 bridgehead atoms. The molecule has 0 radical (unpaired) electrons. The molecule has 0 fully saturated rings. The molecule has 1 amide bonds. The van der Waals surface area contributed by atoms with Gasteiger partial charge in [-0.25, -0.2) is 0 Å². The lowest BCUT2D eigenvalue weighted by atomic mass is 9.82. The molecule has 262 valence electrons. The van der Waals surface area contributed by atoms with Gasteiger partial charge in [0, 0.05) is 26.6 Å². The van der Waals surface area contributed by atoms with Crippen LogP contribution >= 0.6 is 0 Å². The van der Waals surface area contributed by atoms with E-state index in [1.807, 2.05) is 13.8 Å². The molecule has 0 aliphatic carbocycles. The lowest BCUT2D eigenvalue weighted by Gasteiger charge is -2.26. The van der Waals surface area contributed by atoms with E-state index in [1.165, 1.54) is 0 Å². The molecular formula is C36H65NO8. The number of rotatable bonds is 5. The van der Waals surface area contributed by atoms with Crippen molar-refractivity contribution < 1.29 is 39.2 Å². The van der Waals surface area contributed by atoms with E-state index in [9.17, 15) is 29.7 Å². The van der Waals surface area contributed by atoms with Gasteiger partial charge in [0.15, 0.2) is 6.10 Å². The molecule has 1 heterocycles. The summed E-state index contributed by atoms with van der Waals surface area (Å²) in [5, 5.41) is 34.1. The minimum absolute atomic E-state index is 0.211. The third-order valence-corrected chi connectivity index (χ3v) is 9.56. The van der Waals surface area contributed by atoms with Crippen LogP contribution in [-0.2, 0) is 23.9 Å². The van der Waals surface area contributed by atoms with Crippen molar-refractivity contribution in [3.8, 4) is 0 Å². The highest BCUT2D eigenvalue weighted by Crippen LogP contribution is 2.28. The largest absolute Gasteiger partial charge is 0.511 e. The molecule has 1 aliphatic heterocycles. The Bertz CT molecular complexity index is 877. The van der Waals surface area contributed by atoms with E-state index in [0.29, 0.717) is 69.2 Å². The number of cyclic esters (lactones) is 1. The van der Waals surface area contributed by atoms with Gasteiger partial charge in [-0.15, -0.1) is 0 Å². The zero-order valence-corrected chi connectivity index (χ0v) is 29.1. The topological polar surface area (TPSA) is 142 Å². The van der Waals surface area contributed by atoms with Crippen LogP contribution in [0.15, 0.2) is 11.8 Å². The molecule has 8 atom stereocenters. The second-order valence-electron chi connectivity index (χ2n) is 13.7. The molecule has 8 unspecified atom stereocenters. The van der Waals surface area contributed by atoms with Crippen molar-refractivity contribution in [3.05, 3.63) is 11.8 Å². The number of hydrogen-bond acceptors (Lipinski definition) is 8. The van der Waals surface area contributed by atoms with Gasteiger partial charge in [0.25, 0.3) is 5.91 Å². The van der Waals surface area contributed by atoms with Crippen LogP contribution in [0.5, 0.6) is 0 Å². The maximum absolute atomic E-state index is 12.8. The summed E-state index contributed by atoms with van der Waals surface area (Å²) in [5.41, 5.74) is 0. The molecule has 0 aromatic carbocycles. The number of carbonyl (C=O) groups excluding carboxylic acids is 3. The van der Waals surface area contributed by atoms with Crippen molar-refractivity contribution in [2.45, 2.75) is 149 Å². The van der Waals surface area contributed by atoms with Gasteiger partial charge in [-0.1, -0.05) is 79.6 Å². The summed E-state index contributed by atoms with van der Waals surface area (Å²) in [6.45, 7) is 10.5. The van der Waals surface area contributed by atoms with Gasteiger partial charge in [-0.3, -0.25) is 14.4 Å². The van der Waals surface area contributed by atoms with Crippen LogP contribution in [0.4, 0.5) is 0 Å². The zero-order valence-electron chi connectivity index (χ0n) is 29.1. The van der Waals surface area contributed by atoms with Crippen LogP contribution in [0.2, 0.25) is 0 Å². The predicted octanol–water partition coefficient (Wildman–Crippen LogP) is 6.44. The standard InChI is InChI=1S/C36H65NO8/c1-7-12-34-35(42)37-23-31(39)22-33(41)32(40)20-19-29(24-44-6)26(4)17-18-28(8-2)14-11-16-30(38)15-10-9-13-25(3)21-27(5)36(43)45-34/h22,25-29,32-34,39-41H,7-21,23-24H2,1-6H3,(H,37,42)/b31-22-. The summed E-state index contributed by atoms with van der Waals surface area (Å²) in [6.07, 6.45) is 9.54. The fourth-order valence-electron chi connectivity index (χ4n) is 6.35. The quantitative estimate of drug-likeness (QED) is 0.252. The van der Waals surface area contributed by atoms with E-state index in [2.05, 4.69) is 26.1 Å². The lowest BCUT2D eigenvalue weighted by molar-refractivity contribution is -0.160. The number of carbonyl (C=O) groups is 3. The van der Waals surface area contributed by atoms with Crippen LogP contribution in [-0.4, -0.2) is 71.6 Å². The Morgan fingerprint density at radius 1 is 0.933 bits per heavy atom. The fraction of sp³-hybridized carbons (Fsp3) is 0.861. The van der Waals surface area contributed by atoms with E-state index in [-0.39, 0.29) is 30.1 Å². The highest BCUT2D eigenvalue weighted by Gasteiger charge is 2.27. The molecule has 0 aromatic heterocycles. The van der Waals surface area contributed by atoms with Crippen LogP contribution in [0.25, 0.3) is 0 Å². The van der Waals surface area contributed by atoms with Gasteiger partial charge in [0.05, 0.1) is 18.6 Å². The van der Waals surface area contributed by atoms with Gasteiger partial charge < -0.3 is 30.1 Å². The second kappa shape index (κ2) is 23.4. The van der Waals surface area contributed by atoms with Crippen LogP contribution < -0.4 is 5.32 Å². The molecule has 45 heavy (non-hydrogen) atoms. The average Bonchev–Trinajstić information content (AvgIpc) is 3.00. The minimum Gasteiger partial charge on any atom is -0.511 e. The van der Waals surface area contributed by atoms with Crippen molar-refractivity contribution in [1.29, 1.82) is 0 Å². The van der Waals surface area contributed by atoms with Gasteiger partial charge in [0.1, 0.15) is 17.6 Å². The third kappa shape index (κ3) is 17.5. The molecular weight excluding hydrogens is 574 g/mol. The first-order valence-electron chi connectivity index (χ1n) is 17.7. The molecule has 1 aliphatic rings. The summed E-state index contributed by atoms with van der Waals surface area (Å²) < 4.78 is 11.1. The molecule has 0 aromatic rings. The number of nitrogens with one attached hydrogen (secondary N) is 1. The SMILES string of the molecule is CCCC1OC(=O)C(C)CC(C)CCCCC(=O)CCCC(CC)CCC(C)C(COC)CCC(O)C(O)/C=C(\O)CNC1=O. The molecule has 9 nitrogen and oxygen atoms in total. The second-order valence-corrected chi connectivity index (χ2v) is 13.7. The van der Waals surface area contributed by atoms with E-state index in [0.717, 1.165) is 57.4 Å². The summed E-state index contributed by atoms with van der Waals surface area (Å²) in [4.78, 5) is 38.2. The normalized spacial score (nSPS) is 33.6. The summed E-state index contributed by atoms with van der Waals surface area (Å²) in [6, 6.07) is 0. The number of aliphatic hydroxyl groups excluding tert-OH is 3. The number of esters is 1. The number of aliphatic hydroxyl groups is 3. The van der Waals surface area contributed by atoms with Gasteiger partial charge in [-0.05, 0) is 68.3 Å².